The van der Waals surface area contributed by atoms with Crippen molar-refractivity contribution in [2.75, 3.05) is 18.5 Å². The molecule has 1 amide bonds. The molecule has 0 aliphatic heterocycles. The van der Waals surface area contributed by atoms with E-state index in [0.29, 0.717) is 5.56 Å². The summed E-state index contributed by atoms with van der Waals surface area (Å²) < 4.78 is 0. The second-order valence-corrected chi connectivity index (χ2v) is 4.77. The molecule has 7 nitrogen and oxygen atoms in total. The molecule has 1 N–H and O–H groups in total. The number of amides is 1. The van der Waals surface area contributed by atoms with Crippen molar-refractivity contribution in [3.05, 3.63) is 33.9 Å². The number of carbonyl (C=O) groups excluding carboxylic acids is 1. The summed E-state index contributed by atoms with van der Waals surface area (Å²) in [5.41, 5.74) is 0.464. The maximum atomic E-state index is 11.7. The monoisotopic (exact) mass is 274 g/mol. The van der Waals surface area contributed by atoms with Crippen molar-refractivity contribution in [1.29, 1.82) is 5.26 Å². The molecule has 0 saturated heterocycles. The predicted molar refractivity (Wildman–Crippen MR) is 72.2 cm³/mol. The highest BCUT2D eigenvalue weighted by molar-refractivity contribution is 5.83. The first-order chi connectivity index (χ1) is 9.51. The summed E-state index contributed by atoms with van der Waals surface area (Å²) in [6.07, 6.45) is 1.97. The van der Waals surface area contributed by atoms with E-state index in [4.69, 9.17) is 5.26 Å². The highest BCUT2D eigenvalue weighted by Crippen LogP contribution is 2.28. The van der Waals surface area contributed by atoms with Crippen molar-refractivity contribution in [2.24, 2.45) is 0 Å². The van der Waals surface area contributed by atoms with Gasteiger partial charge in [-0.05, 0) is 25.0 Å². The third kappa shape index (κ3) is 3.23. The highest BCUT2D eigenvalue weighted by Gasteiger charge is 2.25. The molecule has 1 aromatic rings. The smallest absolute Gasteiger partial charge is 0.292 e. The summed E-state index contributed by atoms with van der Waals surface area (Å²) in [4.78, 5) is 23.7. The Bertz CT molecular complexity index is 590. The van der Waals surface area contributed by atoms with Crippen molar-refractivity contribution in [2.45, 2.75) is 18.9 Å². The third-order valence-corrected chi connectivity index (χ3v) is 3.04. The number of benzene rings is 1. The number of nitrogens with zero attached hydrogens (tertiary/aromatic N) is 3. The number of nitro benzene ring substituents is 1. The van der Waals surface area contributed by atoms with Crippen molar-refractivity contribution in [3.63, 3.8) is 0 Å². The molecule has 1 aromatic carbocycles. The van der Waals surface area contributed by atoms with Crippen molar-refractivity contribution >= 4 is 17.3 Å². The zero-order valence-corrected chi connectivity index (χ0v) is 11.0. The van der Waals surface area contributed by atoms with Gasteiger partial charge in [0.25, 0.3) is 5.69 Å². The summed E-state index contributed by atoms with van der Waals surface area (Å²) in [6.45, 7) is 0.0201. The molecule has 7 heteroatoms. The Kier molecular flexibility index (Phi) is 3.84. The molecule has 1 aliphatic carbocycles. The number of likely N-dealkylation sites (N-methyl/N-ethyl adjacent to an activating group) is 1. The van der Waals surface area contributed by atoms with E-state index in [9.17, 15) is 14.9 Å². The molecule has 104 valence electrons. The lowest BCUT2D eigenvalue weighted by Gasteiger charge is -2.18. The first-order valence-corrected chi connectivity index (χ1v) is 6.20. The summed E-state index contributed by atoms with van der Waals surface area (Å²) in [5.74, 6) is -0.174. The van der Waals surface area contributed by atoms with Gasteiger partial charge in [0.05, 0.1) is 23.1 Å². The number of rotatable bonds is 5. The zero-order valence-electron chi connectivity index (χ0n) is 11.0. The molecule has 1 fully saturated rings. The number of nitrogens with one attached hydrogen (secondary N) is 1. The van der Waals surface area contributed by atoms with Crippen molar-refractivity contribution in [1.82, 2.24) is 5.32 Å². The Morgan fingerprint density at radius 2 is 2.30 bits per heavy atom. The van der Waals surface area contributed by atoms with Crippen LogP contribution < -0.4 is 10.2 Å². The van der Waals surface area contributed by atoms with E-state index in [1.807, 2.05) is 6.07 Å². The lowest BCUT2D eigenvalue weighted by atomic mass is 10.1. The number of anilines is 1. The number of nitro groups is 1. The first kappa shape index (κ1) is 13.8. The fourth-order valence-corrected chi connectivity index (χ4v) is 1.85. The van der Waals surface area contributed by atoms with Gasteiger partial charge >= 0.3 is 0 Å². The number of hydrogen-bond acceptors (Lipinski definition) is 5. The van der Waals surface area contributed by atoms with E-state index in [1.54, 1.807) is 7.05 Å². The maximum Gasteiger partial charge on any atom is 0.292 e. The van der Waals surface area contributed by atoms with Crippen LogP contribution in [0.3, 0.4) is 0 Å². The quantitative estimate of drug-likeness (QED) is 0.642. The molecular weight excluding hydrogens is 260 g/mol. The molecule has 2 rings (SSSR count). The topological polar surface area (TPSA) is 99.3 Å². The van der Waals surface area contributed by atoms with Gasteiger partial charge in [0, 0.05) is 19.2 Å². The molecular formula is C13H14N4O3. The van der Waals surface area contributed by atoms with Crippen LogP contribution in [-0.2, 0) is 4.79 Å². The Balaban J connectivity index is 2.17. The molecule has 0 radical (unpaired) electrons. The molecule has 0 atom stereocenters. The maximum absolute atomic E-state index is 11.7. The normalized spacial score (nSPS) is 13.4. The standard InChI is InChI=1S/C13H14N4O3/c1-16(8-13(18)15-10-3-4-10)12-6-9(7-14)2-5-11(12)17(19)20/h2,5-6,10H,3-4,8H2,1H3,(H,15,18). The third-order valence-electron chi connectivity index (χ3n) is 3.04. The van der Waals surface area contributed by atoms with E-state index in [0.717, 1.165) is 12.8 Å². The van der Waals surface area contributed by atoms with Gasteiger partial charge in [-0.1, -0.05) is 0 Å². The number of hydrogen-bond donors (Lipinski definition) is 1. The van der Waals surface area contributed by atoms with Crippen molar-refractivity contribution < 1.29 is 9.72 Å². The SMILES string of the molecule is CN(CC(=O)NC1CC1)c1cc(C#N)ccc1[N+](=O)[O-]. The molecule has 20 heavy (non-hydrogen) atoms. The van der Waals surface area contributed by atoms with Gasteiger partial charge in [0.2, 0.25) is 5.91 Å². The second-order valence-electron chi connectivity index (χ2n) is 4.77. The van der Waals surface area contributed by atoms with E-state index < -0.39 is 4.92 Å². The predicted octanol–water partition coefficient (Wildman–Crippen LogP) is 1.18. The van der Waals surface area contributed by atoms with E-state index in [2.05, 4.69) is 5.32 Å². The molecule has 0 bridgehead atoms. The Morgan fingerprint density at radius 1 is 1.60 bits per heavy atom. The summed E-state index contributed by atoms with van der Waals surface area (Å²) in [5, 5.41) is 22.7. The van der Waals surface area contributed by atoms with Gasteiger partial charge in [-0.25, -0.2) is 0 Å². The van der Waals surface area contributed by atoms with Crippen LogP contribution in [0.5, 0.6) is 0 Å². The summed E-state index contributed by atoms with van der Waals surface area (Å²) >= 11 is 0. The van der Waals surface area contributed by atoms with Crippen LogP contribution in [0.4, 0.5) is 11.4 Å². The van der Waals surface area contributed by atoms with Crippen LogP contribution in [0, 0.1) is 21.4 Å². The average molecular weight is 274 g/mol. The number of carbonyl (C=O) groups is 1. The van der Waals surface area contributed by atoms with Crippen LogP contribution >= 0.6 is 0 Å². The van der Waals surface area contributed by atoms with E-state index >= 15 is 0 Å². The van der Waals surface area contributed by atoms with E-state index in [-0.39, 0.29) is 29.9 Å². The van der Waals surface area contributed by atoms with Crippen LogP contribution in [-0.4, -0.2) is 30.5 Å². The Labute approximate surface area is 115 Å². The first-order valence-electron chi connectivity index (χ1n) is 6.20. The fourth-order valence-electron chi connectivity index (χ4n) is 1.85. The molecule has 0 spiro atoms. The zero-order chi connectivity index (χ0) is 14.7. The minimum absolute atomic E-state index is 0.0201. The van der Waals surface area contributed by atoms with Crippen LogP contribution in [0.2, 0.25) is 0 Å². The minimum atomic E-state index is -0.522. The fraction of sp³-hybridized carbons (Fsp3) is 0.385. The second kappa shape index (κ2) is 5.57. The molecule has 1 saturated carbocycles. The Hall–Kier alpha value is -2.62. The van der Waals surface area contributed by atoms with Crippen LogP contribution in [0.1, 0.15) is 18.4 Å². The average Bonchev–Trinajstić information content (AvgIpc) is 3.21. The van der Waals surface area contributed by atoms with Crippen molar-refractivity contribution in [3.8, 4) is 6.07 Å². The Morgan fingerprint density at radius 3 is 2.85 bits per heavy atom. The van der Waals surface area contributed by atoms with Crippen LogP contribution in [0.15, 0.2) is 18.2 Å². The van der Waals surface area contributed by atoms with Gasteiger partial charge in [0.1, 0.15) is 5.69 Å². The summed E-state index contributed by atoms with van der Waals surface area (Å²) in [7, 11) is 1.59. The van der Waals surface area contributed by atoms with Gasteiger partial charge in [-0.3, -0.25) is 14.9 Å². The molecule has 1 aliphatic rings. The van der Waals surface area contributed by atoms with Gasteiger partial charge in [-0.2, -0.15) is 5.26 Å². The summed E-state index contributed by atoms with van der Waals surface area (Å²) in [6, 6.07) is 6.27. The molecule has 0 aromatic heterocycles. The van der Waals surface area contributed by atoms with Crippen LogP contribution in [0.25, 0.3) is 0 Å². The largest absolute Gasteiger partial charge is 0.360 e. The van der Waals surface area contributed by atoms with Gasteiger partial charge < -0.3 is 10.2 Å². The molecule has 0 heterocycles. The lowest BCUT2D eigenvalue weighted by molar-refractivity contribution is -0.384. The highest BCUT2D eigenvalue weighted by atomic mass is 16.6. The van der Waals surface area contributed by atoms with Gasteiger partial charge in [0.15, 0.2) is 0 Å². The molecule has 0 unspecified atom stereocenters. The number of nitriles is 1. The van der Waals surface area contributed by atoms with E-state index in [1.165, 1.54) is 23.1 Å². The lowest BCUT2D eigenvalue weighted by Crippen LogP contribution is -2.36. The van der Waals surface area contributed by atoms with Gasteiger partial charge in [-0.15, -0.1) is 0 Å². The minimum Gasteiger partial charge on any atom is -0.360 e.